The molecule has 3 rings (SSSR count). The maximum absolute atomic E-state index is 12.8. The number of benzene rings is 2. The average Bonchev–Trinajstić information content (AvgIpc) is 3.00. The summed E-state index contributed by atoms with van der Waals surface area (Å²) >= 11 is 5.99. The third kappa shape index (κ3) is 4.35. The van der Waals surface area contributed by atoms with Crippen molar-refractivity contribution >= 4 is 35.1 Å². The molecule has 150 valence electrons. The molecule has 0 atom stereocenters. The Kier molecular flexibility index (Phi) is 6.09. The molecule has 7 nitrogen and oxygen atoms in total. The molecule has 0 saturated heterocycles. The molecule has 0 unspecified atom stereocenters. The van der Waals surface area contributed by atoms with Crippen LogP contribution in [0.2, 0.25) is 5.02 Å². The smallest absolute Gasteiger partial charge is 0.347 e. The van der Waals surface area contributed by atoms with Gasteiger partial charge in [0.25, 0.3) is 0 Å². The van der Waals surface area contributed by atoms with Crippen LogP contribution in [0, 0.1) is 0 Å². The lowest BCUT2D eigenvalue weighted by Crippen LogP contribution is -2.16. The van der Waals surface area contributed by atoms with E-state index in [1.807, 2.05) is 6.07 Å². The molecule has 0 amide bonds. The van der Waals surface area contributed by atoms with Crippen molar-refractivity contribution in [2.75, 3.05) is 19.0 Å². The number of nitrogens with one attached hydrogen (secondary N) is 1. The Labute approximate surface area is 172 Å². The molecular formula is C21H18ClNO6. The number of hydrogen-bond acceptors (Lipinski definition) is 7. The monoisotopic (exact) mass is 415 g/mol. The highest BCUT2D eigenvalue weighted by atomic mass is 35.5. The number of phenols is 1. The number of phenolic OH excluding ortho intramolecular Hbond substituents is 1. The Morgan fingerprint density at radius 3 is 2.66 bits per heavy atom. The summed E-state index contributed by atoms with van der Waals surface area (Å²) in [5.74, 6) is -1.63. The van der Waals surface area contributed by atoms with Crippen LogP contribution in [0.3, 0.4) is 0 Å². The molecular weight excluding hydrogens is 398 g/mol. The normalized spacial score (nSPS) is 14.7. The lowest BCUT2D eigenvalue weighted by atomic mass is 10.1. The zero-order valence-corrected chi connectivity index (χ0v) is 16.4. The van der Waals surface area contributed by atoms with Crippen LogP contribution in [-0.2, 0) is 19.1 Å². The largest absolute Gasteiger partial charge is 0.503 e. The van der Waals surface area contributed by atoms with Gasteiger partial charge in [0.1, 0.15) is 0 Å². The number of carbonyl (C=O) groups is 2. The van der Waals surface area contributed by atoms with E-state index in [0.717, 1.165) is 0 Å². The van der Waals surface area contributed by atoms with Gasteiger partial charge in [0, 0.05) is 5.69 Å². The maximum Gasteiger partial charge on any atom is 0.347 e. The minimum atomic E-state index is -0.791. The van der Waals surface area contributed by atoms with Gasteiger partial charge in [0.2, 0.25) is 11.7 Å². The quantitative estimate of drug-likeness (QED) is 0.420. The number of methoxy groups -OCH3 is 1. The number of aromatic hydroxyl groups is 1. The van der Waals surface area contributed by atoms with Gasteiger partial charge in [-0.1, -0.05) is 29.8 Å². The molecule has 2 aromatic rings. The molecule has 0 radical (unpaired) electrons. The summed E-state index contributed by atoms with van der Waals surface area (Å²) in [4.78, 5) is 25.2. The van der Waals surface area contributed by atoms with Gasteiger partial charge < -0.3 is 24.6 Å². The molecule has 1 heterocycles. The fourth-order valence-electron chi connectivity index (χ4n) is 2.64. The fourth-order valence-corrected chi connectivity index (χ4v) is 2.86. The summed E-state index contributed by atoms with van der Waals surface area (Å²) in [6, 6.07) is 11.9. The molecule has 8 heteroatoms. The molecule has 2 N–H and O–H groups in total. The Morgan fingerprint density at radius 1 is 1.28 bits per heavy atom. The first-order chi connectivity index (χ1) is 13.9. The summed E-state index contributed by atoms with van der Waals surface area (Å²) in [6.07, 6.45) is 1.40. The second kappa shape index (κ2) is 8.70. The minimum Gasteiger partial charge on any atom is -0.503 e. The number of ether oxygens (including phenoxy) is 3. The van der Waals surface area contributed by atoms with Gasteiger partial charge in [-0.15, -0.1) is 0 Å². The lowest BCUT2D eigenvalue weighted by Gasteiger charge is -2.09. The van der Waals surface area contributed by atoms with Gasteiger partial charge in [0.05, 0.1) is 18.7 Å². The summed E-state index contributed by atoms with van der Waals surface area (Å²) in [5.41, 5.74) is 0.837. The van der Waals surface area contributed by atoms with Crippen LogP contribution >= 0.6 is 11.6 Å². The number of Topliss-reactive ketones (excluding diaryl/α,β-unsaturated/α-hetero) is 1. The first kappa shape index (κ1) is 20.3. The predicted molar refractivity (Wildman–Crippen MR) is 107 cm³/mol. The molecule has 0 spiro atoms. The summed E-state index contributed by atoms with van der Waals surface area (Å²) in [6.45, 7) is 1.75. The van der Waals surface area contributed by atoms with E-state index < -0.39 is 11.8 Å². The Balaban J connectivity index is 1.98. The Hall–Kier alpha value is -3.45. The van der Waals surface area contributed by atoms with E-state index in [4.69, 9.17) is 25.8 Å². The number of esters is 1. The molecule has 0 saturated carbocycles. The molecule has 0 fully saturated rings. The molecule has 29 heavy (non-hydrogen) atoms. The molecule has 0 aromatic heterocycles. The number of rotatable bonds is 6. The predicted octanol–water partition coefficient (Wildman–Crippen LogP) is 3.88. The van der Waals surface area contributed by atoms with Gasteiger partial charge in [0.15, 0.2) is 22.8 Å². The standard InChI is InChI=1S/C21H18ClNO6/c1-3-28-21(26)17-19(25)16(29-20(17)23-13-7-5-4-6-8-13)11-12-9-14(22)18(24)15(10-12)27-2/h4-11,23-24H,3H2,1-2H3/b16-11-. The van der Waals surface area contributed by atoms with Gasteiger partial charge in [-0.3, -0.25) is 4.79 Å². The fraction of sp³-hybridized carbons (Fsp3) is 0.143. The highest BCUT2D eigenvalue weighted by molar-refractivity contribution is 6.32. The van der Waals surface area contributed by atoms with Crippen molar-refractivity contribution < 1.29 is 28.9 Å². The molecule has 1 aliphatic rings. The lowest BCUT2D eigenvalue weighted by molar-refractivity contribution is -0.139. The number of hydrogen-bond donors (Lipinski definition) is 2. The highest BCUT2D eigenvalue weighted by Crippen LogP contribution is 2.36. The number of ketones is 1. The Bertz CT molecular complexity index is 1010. The first-order valence-electron chi connectivity index (χ1n) is 8.68. The van der Waals surface area contributed by atoms with Crippen molar-refractivity contribution in [1.82, 2.24) is 0 Å². The number of para-hydroxylation sites is 1. The van der Waals surface area contributed by atoms with Crippen molar-refractivity contribution in [3.63, 3.8) is 0 Å². The van der Waals surface area contributed by atoms with Crippen molar-refractivity contribution in [1.29, 1.82) is 0 Å². The average molecular weight is 416 g/mol. The van der Waals surface area contributed by atoms with Crippen LogP contribution in [0.25, 0.3) is 6.08 Å². The second-order valence-electron chi connectivity index (χ2n) is 5.91. The van der Waals surface area contributed by atoms with E-state index >= 15 is 0 Å². The van der Waals surface area contributed by atoms with Crippen LogP contribution < -0.4 is 10.1 Å². The zero-order chi connectivity index (χ0) is 21.0. The van der Waals surface area contributed by atoms with E-state index in [2.05, 4.69) is 5.32 Å². The van der Waals surface area contributed by atoms with Crippen LogP contribution in [-0.4, -0.2) is 30.6 Å². The maximum atomic E-state index is 12.8. The van der Waals surface area contributed by atoms with E-state index in [1.54, 1.807) is 31.2 Å². The van der Waals surface area contributed by atoms with Crippen LogP contribution in [0.4, 0.5) is 5.69 Å². The van der Waals surface area contributed by atoms with Gasteiger partial charge in [-0.25, -0.2) is 4.79 Å². The number of carbonyl (C=O) groups excluding carboxylic acids is 2. The van der Waals surface area contributed by atoms with Crippen molar-refractivity contribution in [3.8, 4) is 11.5 Å². The van der Waals surface area contributed by atoms with E-state index in [1.165, 1.54) is 25.3 Å². The van der Waals surface area contributed by atoms with Crippen molar-refractivity contribution in [2.24, 2.45) is 0 Å². The highest BCUT2D eigenvalue weighted by Gasteiger charge is 2.37. The summed E-state index contributed by atoms with van der Waals surface area (Å²) in [5, 5.41) is 12.8. The SMILES string of the molecule is CCOC(=O)C1=C(Nc2ccccc2)O/C(=C\c2cc(Cl)c(O)c(OC)c2)C1=O. The van der Waals surface area contributed by atoms with Gasteiger partial charge >= 0.3 is 5.97 Å². The molecule has 2 aromatic carbocycles. The van der Waals surface area contributed by atoms with Crippen LogP contribution in [0.5, 0.6) is 11.5 Å². The van der Waals surface area contributed by atoms with E-state index in [9.17, 15) is 14.7 Å². The third-order valence-electron chi connectivity index (χ3n) is 3.97. The minimum absolute atomic E-state index is 0.0252. The summed E-state index contributed by atoms with van der Waals surface area (Å²) in [7, 11) is 1.38. The zero-order valence-electron chi connectivity index (χ0n) is 15.7. The number of halogens is 1. The van der Waals surface area contributed by atoms with Crippen LogP contribution in [0.15, 0.2) is 59.7 Å². The first-order valence-corrected chi connectivity index (χ1v) is 9.06. The van der Waals surface area contributed by atoms with E-state index in [-0.39, 0.29) is 40.3 Å². The Morgan fingerprint density at radius 2 is 2.00 bits per heavy atom. The topological polar surface area (TPSA) is 94.1 Å². The van der Waals surface area contributed by atoms with Gasteiger partial charge in [-0.2, -0.15) is 0 Å². The second-order valence-corrected chi connectivity index (χ2v) is 6.32. The van der Waals surface area contributed by atoms with Crippen LogP contribution in [0.1, 0.15) is 12.5 Å². The summed E-state index contributed by atoms with van der Waals surface area (Å²) < 4.78 is 15.7. The number of anilines is 1. The van der Waals surface area contributed by atoms with Crippen molar-refractivity contribution in [2.45, 2.75) is 6.92 Å². The number of allylic oxidation sites excluding steroid dienone is 1. The van der Waals surface area contributed by atoms with E-state index in [0.29, 0.717) is 11.3 Å². The molecule has 0 aliphatic carbocycles. The molecule has 1 aliphatic heterocycles. The van der Waals surface area contributed by atoms with Crippen molar-refractivity contribution in [3.05, 3.63) is 70.3 Å². The van der Waals surface area contributed by atoms with Gasteiger partial charge in [-0.05, 0) is 42.8 Å². The third-order valence-corrected chi connectivity index (χ3v) is 4.26. The molecule has 0 bridgehead atoms.